The molecule has 19 heteroatoms. The number of amides is 5. The van der Waals surface area contributed by atoms with Crippen molar-refractivity contribution in [3.05, 3.63) is 46.5 Å². The number of imide groups is 1. The molecule has 5 aliphatic heterocycles. The maximum absolute atomic E-state index is 14.2. The van der Waals surface area contributed by atoms with Crippen LogP contribution in [0.15, 0.2) is 35.9 Å². The number of hydrogen-bond acceptors (Lipinski definition) is 14. The lowest BCUT2D eigenvalue weighted by atomic mass is 9.77. The fourth-order valence-electron chi connectivity index (χ4n) is 9.29. The Morgan fingerprint density at radius 1 is 1.08 bits per heavy atom. The Kier molecular flexibility index (Phi) is 15.3. The van der Waals surface area contributed by atoms with E-state index in [1.807, 2.05) is 13.0 Å². The van der Waals surface area contributed by atoms with Gasteiger partial charge in [-0.2, -0.15) is 0 Å². The van der Waals surface area contributed by atoms with Crippen molar-refractivity contribution in [2.24, 2.45) is 11.8 Å². The fraction of sp³-hybridized carbons (Fsp3) is 0.622. The summed E-state index contributed by atoms with van der Waals surface area (Å²) < 4.78 is 29.1. The normalized spacial score (nSPS) is 32.7. The summed E-state index contributed by atoms with van der Waals surface area (Å²) >= 11 is 7.96. The summed E-state index contributed by atoms with van der Waals surface area (Å²) in [6, 6.07) is 2.33. The van der Waals surface area contributed by atoms with Crippen molar-refractivity contribution in [2.45, 2.75) is 133 Å². The zero-order chi connectivity index (χ0) is 46.7. The molecule has 64 heavy (non-hydrogen) atoms. The first-order chi connectivity index (χ1) is 30.2. The van der Waals surface area contributed by atoms with Crippen molar-refractivity contribution >= 4 is 70.5 Å². The third-order valence-electron chi connectivity index (χ3n) is 12.8. The van der Waals surface area contributed by atoms with Crippen molar-refractivity contribution in [3.63, 3.8) is 0 Å². The zero-order valence-electron chi connectivity index (χ0n) is 37.4. The number of alkyl carbamates (subject to hydrolysis) is 1. The smallest absolute Gasteiger partial charge is 0.411 e. The molecule has 5 heterocycles. The minimum Gasteiger partial charge on any atom is -0.495 e. The summed E-state index contributed by atoms with van der Waals surface area (Å²) in [5.41, 5.74) is -1.42. The number of likely N-dealkylation sites (tertiary alicyclic amines) is 1. The van der Waals surface area contributed by atoms with Gasteiger partial charge in [-0.25, -0.2) is 9.59 Å². The molecule has 1 aromatic rings. The Balaban J connectivity index is 1.13. The lowest BCUT2D eigenvalue weighted by Crippen LogP contribution is -2.74. The van der Waals surface area contributed by atoms with Gasteiger partial charge in [0.15, 0.2) is 5.72 Å². The van der Waals surface area contributed by atoms with Gasteiger partial charge in [0.25, 0.3) is 0 Å². The van der Waals surface area contributed by atoms with E-state index in [1.54, 1.807) is 38.1 Å². The number of benzene rings is 1. The van der Waals surface area contributed by atoms with Gasteiger partial charge in [-0.05, 0) is 83.4 Å². The highest BCUT2D eigenvalue weighted by molar-refractivity contribution is 8.00. The van der Waals surface area contributed by atoms with Gasteiger partial charge in [-0.1, -0.05) is 35.4 Å². The van der Waals surface area contributed by atoms with Crippen LogP contribution in [0.25, 0.3) is 0 Å². The molecule has 7 atom stereocenters. The van der Waals surface area contributed by atoms with Crippen molar-refractivity contribution in [3.8, 4) is 5.75 Å². The number of esters is 1. The second kappa shape index (κ2) is 19.9. The number of allylic oxidation sites excluding steroid dienone is 3. The van der Waals surface area contributed by atoms with Crippen LogP contribution in [0, 0.1) is 11.8 Å². The summed E-state index contributed by atoms with van der Waals surface area (Å²) in [5, 5.41) is 16.4. The van der Waals surface area contributed by atoms with Crippen LogP contribution in [-0.2, 0) is 54.1 Å². The quantitative estimate of drug-likeness (QED) is 0.194. The number of carbonyl (C=O) groups is 7. The van der Waals surface area contributed by atoms with E-state index < -0.39 is 70.9 Å². The number of nitrogens with zero attached hydrogens (tertiary/aromatic N) is 2. The Morgan fingerprint density at radius 3 is 2.44 bits per heavy atom. The second-order valence-corrected chi connectivity index (χ2v) is 19.5. The molecule has 7 unspecified atom stereocenters. The molecule has 1 saturated carbocycles. The molecule has 0 radical (unpaired) electrons. The monoisotopic (exact) mass is 930 g/mol. The lowest BCUT2D eigenvalue weighted by molar-refractivity contribution is -0.402. The molecule has 5 amide bonds. The summed E-state index contributed by atoms with van der Waals surface area (Å²) in [6.45, 7) is 6.84. The number of ether oxygens (including phenoxy) is 5. The van der Waals surface area contributed by atoms with Crippen LogP contribution in [0.1, 0.15) is 91.0 Å². The van der Waals surface area contributed by atoms with Crippen molar-refractivity contribution in [2.75, 3.05) is 38.5 Å². The number of rotatable bonds is 12. The molecule has 4 fully saturated rings. The fourth-order valence-corrected chi connectivity index (χ4v) is 10.7. The van der Waals surface area contributed by atoms with E-state index in [-0.39, 0.29) is 65.9 Å². The second-order valence-electron chi connectivity index (χ2n) is 17.8. The molecule has 3 N–H and O–H groups in total. The minimum atomic E-state index is -1.98. The molecular formula is C45H59ClN4O13S. The molecule has 1 aromatic carbocycles. The predicted octanol–water partition coefficient (Wildman–Crippen LogP) is 4.53. The maximum Gasteiger partial charge on any atom is 0.411 e. The Labute approximate surface area is 382 Å². The highest BCUT2D eigenvalue weighted by Gasteiger charge is 2.66. The van der Waals surface area contributed by atoms with Gasteiger partial charge in [0.2, 0.25) is 29.4 Å². The first-order valence-corrected chi connectivity index (χ1v) is 23.0. The largest absolute Gasteiger partial charge is 0.495 e. The standard InChI is InChI=1S/C45H59ClN4O13S/c1-25-9-8-10-34(60-7)45(58)24-44(62-42(57)48-45)23-43(4,63-44)35(21-37(53)49(5)31-18-29(17-25)19-32(59-6)39(31)46)61-41(56)26(2)47-36(52)15-16-64-33-20-38(54)50(40(33)55)22-28-11-13-30(14-12-28)27(3)51/h8-10,18-19,26,28,30,33-35,58H,11-17,20-24H2,1-7H3,(H,47,52)(H,48,57)/b10-8+,25-9+. The first kappa shape index (κ1) is 49.0. The Bertz CT molecular complexity index is 2080. The van der Waals surface area contributed by atoms with E-state index in [1.165, 1.54) is 49.8 Å². The van der Waals surface area contributed by atoms with Gasteiger partial charge in [0, 0.05) is 51.6 Å². The molecule has 1 aliphatic carbocycles. The van der Waals surface area contributed by atoms with Crippen LogP contribution in [0.5, 0.6) is 5.75 Å². The molecule has 17 nitrogen and oxygen atoms in total. The van der Waals surface area contributed by atoms with Gasteiger partial charge in [0.05, 0.1) is 30.9 Å². The number of fused-ring (bicyclic) bond motifs is 6. The third kappa shape index (κ3) is 10.9. The Morgan fingerprint density at radius 2 is 1.78 bits per heavy atom. The van der Waals surface area contributed by atoms with Gasteiger partial charge in [0.1, 0.15) is 40.4 Å². The number of ketones is 1. The number of anilines is 1. The molecule has 7 rings (SSSR count). The zero-order valence-corrected chi connectivity index (χ0v) is 38.9. The van der Waals surface area contributed by atoms with E-state index in [2.05, 4.69) is 10.6 Å². The number of nitrogens with one attached hydrogen (secondary N) is 2. The summed E-state index contributed by atoms with van der Waals surface area (Å²) in [4.78, 5) is 94.4. The maximum atomic E-state index is 14.2. The number of methoxy groups -OCH3 is 2. The molecule has 3 saturated heterocycles. The molecule has 6 aliphatic rings. The minimum absolute atomic E-state index is 0.0370. The topological polar surface area (TPSA) is 216 Å². The van der Waals surface area contributed by atoms with Crippen LogP contribution in [-0.4, -0.2) is 126 Å². The van der Waals surface area contributed by atoms with Crippen molar-refractivity contribution in [1.82, 2.24) is 15.5 Å². The van der Waals surface area contributed by atoms with Crippen LogP contribution in [0.2, 0.25) is 5.02 Å². The summed E-state index contributed by atoms with van der Waals surface area (Å²) in [5.74, 6) is -3.22. The predicted molar refractivity (Wildman–Crippen MR) is 235 cm³/mol. The molecular weight excluding hydrogens is 872 g/mol. The van der Waals surface area contributed by atoms with Gasteiger partial charge >= 0.3 is 12.1 Å². The SMILES string of the molecule is COc1cc2cc(c1Cl)N(C)C(=O)CC(OC(=O)C(C)NC(=O)CCSC1CC(=O)N(CC3CCC(C(C)=O)CC3)C1=O)C1(C)CC3(CC(O)(NC(=O)O3)C(OC)/C=C/C=C(\C)C2)O1. The first-order valence-electron chi connectivity index (χ1n) is 21.6. The number of thioether (sulfide) groups is 1. The Hall–Kier alpha value is -4.49. The number of Topliss-reactive ketones (excluding diaryl/α,β-unsaturated/α-hetero) is 1. The molecule has 350 valence electrons. The number of carbonyl (C=O) groups excluding carboxylic acids is 7. The van der Waals surface area contributed by atoms with E-state index in [0.717, 1.165) is 36.8 Å². The lowest BCUT2D eigenvalue weighted by Gasteiger charge is -2.59. The van der Waals surface area contributed by atoms with E-state index in [4.69, 9.17) is 35.3 Å². The van der Waals surface area contributed by atoms with Gasteiger partial charge < -0.3 is 39.0 Å². The summed E-state index contributed by atoms with van der Waals surface area (Å²) in [6.07, 6.45) is 4.44. The molecule has 1 spiro atoms. The number of aliphatic hydroxyl groups is 1. The van der Waals surface area contributed by atoms with Crippen LogP contribution in [0.3, 0.4) is 0 Å². The van der Waals surface area contributed by atoms with E-state index in [9.17, 15) is 38.7 Å². The van der Waals surface area contributed by atoms with E-state index >= 15 is 0 Å². The average Bonchev–Trinajstić information content (AvgIpc) is 3.48. The van der Waals surface area contributed by atoms with E-state index in [0.29, 0.717) is 24.4 Å². The average molecular weight is 932 g/mol. The van der Waals surface area contributed by atoms with Crippen LogP contribution in [0.4, 0.5) is 10.5 Å². The summed E-state index contributed by atoms with van der Waals surface area (Å²) in [7, 11) is 4.37. The molecule has 0 aromatic heterocycles. The number of halogens is 1. The van der Waals surface area contributed by atoms with Gasteiger partial charge in [-0.15, -0.1) is 11.8 Å². The highest BCUT2D eigenvalue weighted by Crippen LogP contribution is 2.52. The van der Waals surface area contributed by atoms with Crippen molar-refractivity contribution in [1.29, 1.82) is 0 Å². The number of hydrogen-bond donors (Lipinski definition) is 3. The molecule has 5 bridgehead atoms. The van der Waals surface area contributed by atoms with Crippen molar-refractivity contribution < 1.29 is 62.4 Å². The highest BCUT2D eigenvalue weighted by atomic mass is 35.5. The third-order valence-corrected chi connectivity index (χ3v) is 14.4. The van der Waals surface area contributed by atoms with Crippen LogP contribution < -0.4 is 20.3 Å². The van der Waals surface area contributed by atoms with Gasteiger partial charge in [-0.3, -0.25) is 34.2 Å². The van der Waals surface area contributed by atoms with Crippen LogP contribution >= 0.6 is 23.4 Å².